The van der Waals surface area contributed by atoms with Gasteiger partial charge in [0, 0.05) is 15.8 Å². The molecule has 0 aliphatic heterocycles. The Bertz CT molecular complexity index is 724. The van der Waals surface area contributed by atoms with Crippen LogP contribution in [0.2, 0.25) is 0 Å². The fourth-order valence-corrected chi connectivity index (χ4v) is 4.76. The Labute approximate surface area is 162 Å². The SMILES string of the molecule is CCOC(=O)C=C(C)C=CC=C(C)c1cc2c(s1)C(C)(C)CCC2(C)C. The first kappa shape index (κ1) is 20.7. The minimum atomic E-state index is -0.286. The van der Waals surface area contributed by atoms with E-state index >= 15 is 0 Å². The van der Waals surface area contributed by atoms with Crippen LogP contribution < -0.4 is 0 Å². The van der Waals surface area contributed by atoms with Crippen molar-refractivity contribution in [3.8, 4) is 0 Å². The van der Waals surface area contributed by atoms with E-state index in [0.717, 1.165) is 5.57 Å². The van der Waals surface area contributed by atoms with Gasteiger partial charge in [0.2, 0.25) is 0 Å². The first-order valence-corrected chi connectivity index (χ1v) is 10.2. The highest BCUT2D eigenvalue weighted by Gasteiger charge is 2.38. The standard InChI is InChI=1S/C23H32O2S/c1-8-25-20(24)14-16(2)10-9-11-17(3)19-15-18-21(26-19)23(6,7)13-12-22(18,4)5/h9-11,14-15H,8,12-13H2,1-7H3. The Morgan fingerprint density at radius 2 is 1.85 bits per heavy atom. The molecule has 0 radical (unpaired) electrons. The monoisotopic (exact) mass is 372 g/mol. The molecule has 2 rings (SSSR count). The molecule has 0 unspecified atom stereocenters. The van der Waals surface area contributed by atoms with Gasteiger partial charge in [0.1, 0.15) is 0 Å². The Morgan fingerprint density at radius 3 is 2.46 bits per heavy atom. The number of fused-ring (bicyclic) bond motifs is 1. The molecule has 0 fully saturated rings. The quantitative estimate of drug-likeness (QED) is 0.332. The van der Waals surface area contributed by atoms with Crippen molar-refractivity contribution in [1.29, 1.82) is 0 Å². The average Bonchev–Trinajstić information content (AvgIpc) is 3.00. The van der Waals surface area contributed by atoms with E-state index in [1.54, 1.807) is 4.88 Å². The summed E-state index contributed by atoms with van der Waals surface area (Å²) >= 11 is 1.94. The number of esters is 1. The Balaban J connectivity index is 2.22. The molecule has 1 aromatic rings. The number of ether oxygens (including phenoxy) is 1. The number of hydrogen-bond acceptors (Lipinski definition) is 3. The molecule has 1 aliphatic carbocycles. The predicted octanol–water partition coefficient (Wildman–Crippen LogP) is 6.57. The third-order valence-electron chi connectivity index (χ3n) is 5.18. The Morgan fingerprint density at radius 1 is 1.19 bits per heavy atom. The highest BCUT2D eigenvalue weighted by molar-refractivity contribution is 7.13. The van der Waals surface area contributed by atoms with E-state index in [1.165, 1.54) is 34.9 Å². The van der Waals surface area contributed by atoms with Crippen LogP contribution in [0.3, 0.4) is 0 Å². The maximum Gasteiger partial charge on any atom is 0.330 e. The highest BCUT2D eigenvalue weighted by Crippen LogP contribution is 2.50. The van der Waals surface area contributed by atoms with Gasteiger partial charge in [-0.05, 0) is 67.2 Å². The molecule has 0 saturated carbocycles. The van der Waals surface area contributed by atoms with E-state index < -0.39 is 0 Å². The summed E-state index contributed by atoms with van der Waals surface area (Å²) in [5.41, 5.74) is 4.19. The molecule has 0 N–H and O–H groups in total. The van der Waals surface area contributed by atoms with Gasteiger partial charge >= 0.3 is 5.97 Å². The maximum atomic E-state index is 11.5. The summed E-state index contributed by atoms with van der Waals surface area (Å²) in [6.45, 7) is 15.7. The fraction of sp³-hybridized carbons (Fsp3) is 0.522. The van der Waals surface area contributed by atoms with Crippen molar-refractivity contribution in [2.45, 2.75) is 72.1 Å². The molecule has 0 amide bonds. The van der Waals surface area contributed by atoms with Crippen molar-refractivity contribution >= 4 is 22.9 Å². The minimum Gasteiger partial charge on any atom is -0.463 e. The summed E-state index contributed by atoms with van der Waals surface area (Å²) in [7, 11) is 0. The van der Waals surface area contributed by atoms with Crippen LogP contribution >= 0.6 is 11.3 Å². The summed E-state index contributed by atoms with van der Waals surface area (Å²) in [5, 5.41) is 0. The third-order valence-corrected chi connectivity index (χ3v) is 6.81. The predicted molar refractivity (Wildman–Crippen MR) is 113 cm³/mol. The van der Waals surface area contributed by atoms with Crippen molar-refractivity contribution in [1.82, 2.24) is 0 Å². The molecular formula is C23H32O2S. The van der Waals surface area contributed by atoms with E-state index in [1.807, 2.05) is 37.3 Å². The second-order valence-electron chi connectivity index (χ2n) is 8.47. The van der Waals surface area contributed by atoms with Crippen LogP contribution in [0.1, 0.15) is 76.6 Å². The van der Waals surface area contributed by atoms with Crippen LogP contribution in [0.25, 0.3) is 5.57 Å². The number of allylic oxidation sites excluding steroid dienone is 5. The molecule has 142 valence electrons. The summed E-state index contributed by atoms with van der Waals surface area (Å²) in [6.07, 6.45) is 10.1. The molecule has 2 nitrogen and oxygen atoms in total. The highest BCUT2D eigenvalue weighted by atomic mass is 32.1. The van der Waals surface area contributed by atoms with Gasteiger partial charge in [-0.2, -0.15) is 0 Å². The molecule has 0 aromatic carbocycles. The summed E-state index contributed by atoms with van der Waals surface area (Å²) in [5.74, 6) is -0.286. The van der Waals surface area contributed by atoms with E-state index in [2.05, 4.69) is 46.8 Å². The lowest BCUT2D eigenvalue weighted by Crippen LogP contribution is -2.31. The van der Waals surface area contributed by atoms with Gasteiger partial charge in [-0.1, -0.05) is 45.9 Å². The van der Waals surface area contributed by atoms with Gasteiger partial charge in [0.25, 0.3) is 0 Å². The number of carbonyl (C=O) groups excluding carboxylic acids is 1. The minimum absolute atomic E-state index is 0.259. The first-order chi connectivity index (χ1) is 12.1. The van der Waals surface area contributed by atoms with E-state index in [9.17, 15) is 4.79 Å². The average molecular weight is 373 g/mol. The lowest BCUT2D eigenvalue weighted by molar-refractivity contribution is -0.137. The van der Waals surface area contributed by atoms with E-state index in [-0.39, 0.29) is 16.8 Å². The zero-order valence-corrected chi connectivity index (χ0v) is 18.0. The summed E-state index contributed by atoms with van der Waals surface area (Å²) in [6, 6.07) is 2.39. The molecule has 3 heteroatoms. The Kier molecular flexibility index (Phi) is 6.33. The largest absolute Gasteiger partial charge is 0.463 e. The number of carbonyl (C=O) groups is 1. The smallest absolute Gasteiger partial charge is 0.330 e. The number of thiophene rings is 1. The van der Waals surface area contributed by atoms with Gasteiger partial charge in [-0.25, -0.2) is 4.79 Å². The molecule has 0 spiro atoms. The van der Waals surface area contributed by atoms with Crippen LogP contribution in [-0.2, 0) is 20.4 Å². The van der Waals surface area contributed by atoms with Crippen molar-refractivity contribution in [2.75, 3.05) is 6.61 Å². The van der Waals surface area contributed by atoms with Crippen LogP contribution in [0.4, 0.5) is 0 Å². The fourth-order valence-electron chi connectivity index (χ4n) is 3.31. The summed E-state index contributed by atoms with van der Waals surface area (Å²) in [4.78, 5) is 14.3. The molecule has 0 atom stereocenters. The van der Waals surface area contributed by atoms with Crippen LogP contribution in [0.15, 0.2) is 35.9 Å². The van der Waals surface area contributed by atoms with Gasteiger partial charge in [-0.15, -0.1) is 11.3 Å². The van der Waals surface area contributed by atoms with E-state index in [0.29, 0.717) is 6.61 Å². The van der Waals surface area contributed by atoms with Crippen molar-refractivity contribution in [2.24, 2.45) is 0 Å². The lowest BCUT2D eigenvalue weighted by atomic mass is 9.67. The molecular weight excluding hydrogens is 340 g/mol. The molecule has 0 saturated heterocycles. The maximum absolute atomic E-state index is 11.5. The topological polar surface area (TPSA) is 26.3 Å². The van der Waals surface area contributed by atoms with Crippen molar-refractivity contribution < 1.29 is 9.53 Å². The van der Waals surface area contributed by atoms with Crippen molar-refractivity contribution in [3.05, 3.63) is 51.3 Å². The molecule has 1 heterocycles. The summed E-state index contributed by atoms with van der Waals surface area (Å²) < 4.78 is 4.93. The molecule has 0 bridgehead atoms. The van der Waals surface area contributed by atoms with E-state index in [4.69, 9.17) is 4.74 Å². The third kappa shape index (κ3) is 4.76. The van der Waals surface area contributed by atoms with Crippen LogP contribution in [-0.4, -0.2) is 12.6 Å². The van der Waals surface area contributed by atoms with Gasteiger partial charge < -0.3 is 4.74 Å². The van der Waals surface area contributed by atoms with Gasteiger partial charge in [-0.3, -0.25) is 0 Å². The second kappa shape index (κ2) is 7.96. The van der Waals surface area contributed by atoms with Crippen LogP contribution in [0.5, 0.6) is 0 Å². The first-order valence-electron chi connectivity index (χ1n) is 9.42. The van der Waals surface area contributed by atoms with Gasteiger partial charge in [0.05, 0.1) is 6.61 Å². The number of hydrogen-bond donors (Lipinski definition) is 0. The molecule has 1 aromatic heterocycles. The normalized spacial score (nSPS) is 19.5. The molecule has 1 aliphatic rings. The van der Waals surface area contributed by atoms with Crippen molar-refractivity contribution in [3.63, 3.8) is 0 Å². The number of rotatable bonds is 5. The van der Waals surface area contributed by atoms with Crippen LogP contribution in [0, 0.1) is 0 Å². The second-order valence-corrected chi connectivity index (χ2v) is 9.52. The zero-order valence-electron chi connectivity index (χ0n) is 17.2. The van der Waals surface area contributed by atoms with Gasteiger partial charge in [0.15, 0.2) is 0 Å². The lowest BCUT2D eigenvalue weighted by Gasteiger charge is -2.39. The zero-order chi connectivity index (χ0) is 19.5. The Hall–Kier alpha value is -1.61. The molecule has 26 heavy (non-hydrogen) atoms.